The van der Waals surface area contributed by atoms with Crippen LogP contribution in [0.25, 0.3) is 0 Å². The molecule has 1 aliphatic carbocycles. The average molecular weight is 238 g/mol. The highest BCUT2D eigenvalue weighted by molar-refractivity contribution is 7.16. The Bertz CT molecular complexity index is 435. The lowest BCUT2D eigenvalue weighted by molar-refractivity contribution is -0.122. The van der Waals surface area contributed by atoms with Crippen molar-refractivity contribution in [3.63, 3.8) is 0 Å². The second-order valence-corrected chi connectivity index (χ2v) is 5.34. The highest BCUT2D eigenvalue weighted by Crippen LogP contribution is 2.31. The Labute approximate surface area is 97.8 Å². The first-order valence-corrected chi connectivity index (χ1v) is 6.10. The predicted octanol–water partition coefficient (Wildman–Crippen LogP) is 1.89. The smallest absolute Gasteiger partial charge is 0.251 e. The van der Waals surface area contributed by atoms with Crippen molar-refractivity contribution < 1.29 is 9.59 Å². The van der Waals surface area contributed by atoms with Gasteiger partial charge in [-0.1, -0.05) is 6.42 Å². The molecule has 2 rings (SSSR count). The highest BCUT2D eigenvalue weighted by atomic mass is 32.1. The topological polar surface area (TPSA) is 72.2 Å². The standard InChI is InChI=1S/C11H14N2O2S/c1-6-5-8(9(12)14)11(16-6)13-10(15)7-3-2-4-7/h5,7H,2-4H2,1H3,(H2,12,14)(H,13,15). The summed E-state index contributed by atoms with van der Waals surface area (Å²) in [4.78, 5) is 23.8. The third kappa shape index (κ3) is 2.09. The first-order chi connectivity index (χ1) is 7.58. The van der Waals surface area contributed by atoms with Crippen LogP contribution in [0.2, 0.25) is 0 Å². The molecule has 1 aromatic heterocycles. The minimum absolute atomic E-state index is 0.00981. The maximum Gasteiger partial charge on any atom is 0.251 e. The number of carbonyl (C=O) groups is 2. The lowest BCUT2D eigenvalue weighted by atomic mass is 9.85. The van der Waals surface area contributed by atoms with Crippen LogP contribution >= 0.6 is 11.3 Å². The van der Waals surface area contributed by atoms with Crippen molar-refractivity contribution in [1.82, 2.24) is 0 Å². The molecule has 1 heterocycles. The van der Waals surface area contributed by atoms with E-state index in [4.69, 9.17) is 5.73 Å². The zero-order valence-electron chi connectivity index (χ0n) is 9.08. The van der Waals surface area contributed by atoms with Gasteiger partial charge < -0.3 is 11.1 Å². The molecule has 0 unspecified atom stereocenters. The first kappa shape index (κ1) is 11.1. The van der Waals surface area contributed by atoms with E-state index in [0.29, 0.717) is 10.6 Å². The molecule has 4 nitrogen and oxygen atoms in total. The Morgan fingerprint density at radius 3 is 2.69 bits per heavy atom. The molecule has 3 N–H and O–H groups in total. The van der Waals surface area contributed by atoms with Crippen LogP contribution in [0.15, 0.2) is 6.07 Å². The Balaban J connectivity index is 2.13. The molecule has 0 aliphatic heterocycles. The van der Waals surface area contributed by atoms with E-state index < -0.39 is 5.91 Å². The third-order valence-corrected chi connectivity index (χ3v) is 3.80. The fourth-order valence-electron chi connectivity index (χ4n) is 1.67. The van der Waals surface area contributed by atoms with Crippen LogP contribution in [0, 0.1) is 12.8 Å². The summed E-state index contributed by atoms with van der Waals surface area (Å²) < 4.78 is 0. The molecule has 0 spiro atoms. The Morgan fingerprint density at radius 1 is 1.50 bits per heavy atom. The monoisotopic (exact) mass is 238 g/mol. The van der Waals surface area contributed by atoms with Crippen LogP contribution in [0.5, 0.6) is 0 Å². The fourth-order valence-corrected chi connectivity index (χ4v) is 2.59. The van der Waals surface area contributed by atoms with Crippen molar-refractivity contribution in [2.75, 3.05) is 5.32 Å². The van der Waals surface area contributed by atoms with Gasteiger partial charge in [-0.15, -0.1) is 11.3 Å². The average Bonchev–Trinajstić information content (AvgIpc) is 2.43. The second-order valence-electron chi connectivity index (χ2n) is 4.08. The van der Waals surface area contributed by atoms with Gasteiger partial charge in [0.15, 0.2) is 0 Å². The number of nitrogens with one attached hydrogen (secondary N) is 1. The van der Waals surface area contributed by atoms with Crippen molar-refractivity contribution in [2.45, 2.75) is 26.2 Å². The lowest BCUT2D eigenvalue weighted by Crippen LogP contribution is -2.28. The van der Waals surface area contributed by atoms with E-state index in [0.717, 1.165) is 24.1 Å². The summed E-state index contributed by atoms with van der Waals surface area (Å²) in [5.74, 6) is -0.369. The fraction of sp³-hybridized carbons (Fsp3) is 0.455. The summed E-state index contributed by atoms with van der Waals surface area (Å²) in [7, 11) is 0. The van der Waals surface area contributed by atoms with Crippen molar-refractivity contribution in [1.29, 1.82) is 0 Å². The van der Waals surface area contributed by atoms with E-state index in [1.165, 1.54) is 11.3 Å². The summed E-state index contributed by atoms with van der Waals surface area (Å²) in [6.07, 6.45) is 3.01. The number of nitrogens with two attached hydrogens (primary N) is 1. The van der Waals surface area contributed by atoms with Crippen LogP contribution in [0.1, 0.15) is 34.5 Å². The summed E-state index contributed by atoms with van der Waals surface area (Å²) in [6.45, 7) is 1.89. The Hall–Kier alpha value is -1.36. The van der Waals surface area contributed by atoms with Gasteiger partial charge in [0.25, 0.3) is 5.91 Å². The highest BCUT2D eigenvalue weighted by Gasteiger charge is 2.26. The molecule has 1 saturated carbocycles. The molecule has 1 aliphatic rings. The summed E-state index contributed by atoms with van der Waals surface area (Å²) >= 11 is 1.39. The molecule has 0 bridgehead atoms. The van der Waals surface area contributed by atoms with Gasteiger partial charge in [-0.05, 0) is 25.8 Å². The summed E-state index contributed by atoms with van der Waals surface area (Å²) in [6, 6.07) is 1.71. The molecular formula is C11H14N2O2S. The molecule has 2 amide bonds. The molecule has 5 heteroatoms. The molecule has 86 valence electrons. The van der Waals surface area contributed by atoms with Crippen LogP contribution in [0.4, 0.5) is 5.00 Å². The van der Waals surface area contributed by atoms with Crippen molar-refractivity contribution >= 4 is 28.2 Å². The summed E-state index contributed by atoms with van der Waals surface area (Å²) in [5.41, 5.74) is 5.65. The number of amides is 2. The molecule has 1 fully saturated rings. The molecular weight excluding hydrogens is 224 g/mol. The predicted molar refractivity (Wildman–Crippen MR) is 63.5 cm³/mol. The van der Waals surface area contributed by atoms with E-state index in [2.05, 4.69) is 5.32 Å². The zero-order valence-corrected chi connectivity index (χ0v) is 9.89. The number of rotatable bonds is 3. The molecule has 16 heavy (non-hydrogen) atoms. The maximum atomic E-state index is 11.7. The largest absolute Gasteiger partial charge is 0.366 e. The molecule has 1 aromatic rings. The van der Waals surface area contributed by atoms with Crippen molar-refractivity contribution in [3.8, 4) is 0 Å². The van der Waals surface area contributed by atoms with Crippen LogP contribution in [0.3, 0.4) is 0 Å². The number of thiophene rings is 1. The quantitative estimate of drug-likeness (QED) is 0.844. The normalized spacial score (nSPS) is 15.6. The second kappa shape index (κ2) is 4.25. The van der Waals surface area contributed by atoms with Gasteiger partial charge in [0.05, 0.1) is 5.56 Å². The molecule has 0 radical (unpaired) electrons. The van der Waals surface area contributed by atoms with Gasteiger partial charge in [-0.2, -0.15) is 0 Å². The lowest BCUT2D eigenvalue weighted by Gasteiger charge is -2.23. The van der Waals surface area contributed by atoms with Gasteiger partial charge in [-0.25, -0.2) is 0 Å². The number of aryl methyl sites for hydroxylation is 1. The van der Waals surface area contributed by atoms with Crippen molar-refractivity contribution in [3.05, 3.63) is 16.5 Å². The third-order valence-electron chi connectivity index (χ3n) is 2.83. The molecule has 0 atom stereocenters. The van der Waals surface area contributed by atoms with Crippen LogP contribution in [-0.2, 0) is 4.79 Å². The zero-order chi connectivity index (χ0) is 11.7. The van der Waals surface area contributed by atoms with Crippen LogP contribution < -0.4 is 11.1 Å². The SMILES string of the molecule is Cc1cc(C(N)=O)c(NC(=O)C2CCC2)s1. The van der Waals surface area contributed by atoms with Gasteiger partial charge in [0, 0.05) is 10.8 Å². The number of carbonyl (C=O) groups excluding carboxylic acids is 2. The minimum atomic E-state index is -0.492. The minimum Gasteiger partial charge on any atom is -0.366 e. The van der Waals surface area contributed by atoms with E-state index in [-0.39, 0.29) is 11.8 Å². The van der Waals surface area contributed by atoms with E-state index in [1.807, 2.05) is 6.92 Å². The Kier molecular flexibility index (Phi) is 2.96. The first-order valence-electron chi connectivity index (χ1n) is 5.29. The maximum absolute atomic E-state index is 11.7. The van der Waals surface area contributed by atoms with Crippen molar-refractivity contribution in [2.24, 2.45) is 11.7 Å². The van der Waals surface area contributed by atoms with E-state index >= 15 is 0 Å². The van der Waals surface area contributed by atoms with Crippen LogP contribution in [-0.4, -0.2) is 11.8 Å². The molecule has 0 aromatic carbocycles. The summed E-state index contributed by atoms with van der Waals surface area (Å²) in [5, 5.41) is 3.38. The van der Waals surface area contributed by atoms with E-state index in [9.17, 15) is 9.59 Å². The number of hydrogen-bond acceptors (Lipinski definition) is 3. The van der Waals surface area contributed by atoms with Gasteiger partial charge >= 0.3 is 0 Å². The van der Waals surface area contributed by atoms with E-state index in [1.54, 1.807) is 6.07 Å². The molecule has 0 saturated heterocycles. The van der Waals surface area contributed by atoms with Gasteiger partial charge in [-0.3, -0.25) is 9.59 Å². The number of primary amides is 1. The van der Waals surface area contributed by atoms with Gasteiger partial charge in [0.2, 0.25) is 5.91 Å². The van der Waals surface area contributed by atoms with Gasteiger partial charge in [0.1, 0.15) is 5.00 Å². The number of hydrogen-bond donors (Lipinski definition) is 2. The Morgan fingerprint density at radius 2 is 2.19 bits per heavy atom. The number of anilines is 1.